The van der Waals surface area contributed by atoms with Gasteiger partial charge in [-0.15, -0.1) is 21.5 Å². The number of nitrogens with zero attached hydrogens (tertiary/aromatic N) is 3. The first-order valence-electron chi connectivity index (χ1n) is 9.82. The lowest BCUT2D eigenvalue weighted by atomic mass is 10.2. The first-order chi connectivity index (χ1) is 15.4. The number of amides is 1. The highest BCUT2D eigenvalue weighted by Crippen LogP contribution is 2.34. The summed E-state index contributed by atoms with van der Waals surface area (Å²) in [6.45, 7) is 4.55. The third-order valence-corrected chi connectivity index (χ3v) is 6.95. The molecular formula is C21H23ClN4O4S2. The van der Waals surface area contributed by atoms with Gasteiger partial charge >= 0.3 is 5.97 Å². The van der Waals surface area contributed by atoms with E-state index in [2.05, 4.69) is 15.5 Å². The second kappa shape index (κ2) is 10.8. The Bertz CT molecular complexity index is 1130. The van der Waals surface area contributed by atoms with Crippen LogP contribution in [0.3, 0.4) is 0 Å². The molecule has 170 valence electrons. The van der Waals surface area contributed by atoms with Crippen LogP contribution in [0.25, 0.3) is 11.4 Å². The smallest absolute Gasteiger partial charge is 0.340 e. The van der Waals surface area contributed by atoms with Crippen molar-refractivity contribution in [2.75, 3.05) is 25.3 Å². The number of thiophene rings is 1. The molecule has 0 fully saturated rings. The number of nitrogens with one attached hydrogen (secondary N) is 1. The fourth-order valence-corrected chi connectivity index (χ4v) is 4.97. The molecule has 3 rings (SSSR count). The number of thioether (sulfide) groups is 1. The molecule has 1 amide bonds. The van der Waals surface area contributed by atoms with Gasteiger partial charge in [0.2, 0.25) is 5.91 Å². The topological polar surface area (TPSA) is 95.3 Å². The van der Waals surface area contributed by atoms with E-state index in [0.717, 1.165) is 16.9 Å². The zero-order chi connectivity index (χ0) is 23.3. The van der Waals surface area contributed by atoms with Crippen LogP contribution in [-0.4, -0.2) is 46.6 Å². The van der Waals surface area contributed by atoms with E-state index in [4.69, 9.17) is 21.1 Å². The van der Waals surface area contributed by atoms with Crippen LogP contribution in [0.15, 0.2) is 29.4 Å². The van der Waals surface area contributed by atoms with E-state index < -0.39 is 5.97 Å². The van der Waals surface area contributed by atoms with Crippen LogP contribution in [0, 0.1) is 0 Å². The van der Waals surface area contributed by atoms with Crippen LogP contribution in [-0.2, 0) is 22.5 Å². The van der Waals surface area contributed by atoms with Crippen molar-refractivity contribution in [3.8, 4) is 17.1 Å². The quantitative estimate of drug-likeness (QED) is 0.338. The van der Waals surface area contributed by atoms with Crippen molar-refractivity contribution in [3.05, 3.63) is 39.7 Å². The average molecular weight is 495 g/mol. The fraction of sp³-hybridized carbons (Fsp3) is 0.333. The summed E-state index contributed by atoms with van der Waals surface area (Å²) in [6.07, 6.45) is 0.759. The molecule has 0 unspecified atom stereocenters. The van der Waals surface area contributed by atoms with Crippen molar-refractivity contribution in [1.29, 1.82) is 0 Å². The molecular weight excluding hydrogens is 472 g/mol. The number of rotatable bonds is 9. The molecule has 1 aromatic carbocycles. The number of methoxy groups -OCH3 is 2. The summed E-state index contributed by atoms with van der Waals surface area (Å²) in [4.78, 5) is 25.6. The highest BCUT2D eigenvalue weighted by atomic mass is 35.5. The minimum atomic E-state index is -0.477. The van der Waals surface area contributed by atoms with Crippen LogP contribution < -0.4 is 10.1 Å². The summed E-state index contributed by atoms with van der Waals surface area (Å²) in [5.74, 6) is 0.608. The highest BCUT2D eigenvalue weighted by Gasteiger charge is 2.20. The van der Waals surface area contributed by atoms with Gasteiger partial charge in [-0.1, -0.05) is 30.3 Å². The van der Waals surface area contributed by atoms with Gasteiger partial charge in [0.05, 0.1) is 31.1 Å². The zero-order valence-corrected chi connectivity index (χ0v) is 20.5. The molecule has 8 nitrogen and oxygen atoms in total. The van der Waals surface area contributed by atoms with Gasteiger partial charge in [-0.2, -0.15) is 0 Å². The number of anilines is 1. The molecule has 0 saturated heterocycles. The molecule has 1 N–H and O–H groups in total. The molecule has 0 radical (unpaired) electrons. The predicted molar refractivity (Wildman–Crippen MR) is 127 cm³/mol. The van der Waals surface area contributed by atoms with Crippen molar-refractivity contribution in [1.82, 2.24) is 14.8 Å². The number of hydrogen-bond acceptors (Lipinski definition) is 8. The lowest BCUT2D eigenvalue weighted by molar-refractivity contribution is -0.113. The maximum Gasteiger partial charge on any atom is 0.340 e. The second-order valence-electron chi connectivity index (χ2n) is 6.53. The number of carbonyl (C=O) groups is 2. The van der Waals surface area contributed by atoms with Gasteiger partial charge in [0.25, 0.3) is 0 Å². The molecule has 0 bridgehead atoms. The molecule has 0 spiro atoms. The van der Waals surface area contributed by atoms with Gasteiger partial charge in [-0.05, 0) is 37.6 Å². The monoisotopic (exact) mass is 494 g/mol. The number of ether oxygens (including phenoxy) is 2. The number of aryl methyl sites for hydroxylation is 1. The van der Waals surface area contributed by atoms with Crippen molar-refractivity contribution in [2.45, 2.75) is 32.0 Å². The Kier molecular flexibility index (Phi) is 8.16. The van der Waals surface area contributed by atoms with E-state index in [1.807, 2.05) is 18.4 Å². The minimum Gasteiger partial charge on any atom is -0.496 e. The molecule has 11 heteroatoms. The van der Waals surface area contributed by atoms with E-state index in [1.54, 1.807) is 31.4 Å². The van der Waals surface area contributed by atoms with E-state index in [-0.39, 0.29) is 11.7 Å². The first-order valence-corrected chi connectivity index (χ1v) is 12.0. The van der Waals surface area contributed by atoms with Crippen molar-refractivity contribution >= 4 is 51.6 Å². The molecule has 0 aliphatic heterocycles. The van der Waals surface area contributed by atoms with E-state index in [0.29, 0.717) is 38.9 Å². The van der Waals surface area contributed by atoms with Crippen LogP contribution in [0.4, 0.5) is 5.00 Å². The highest BCUT2D eigenvalue weighted by molar-refractivity contribution is 7.99. The van der Waals surface area contributed by atoms with Gasteiger partial charge in [0.1, 0.15) is 10.8 Å². The Balaban J connectivity index is 1.76. The average Bonchev–Trinajstić information content (AvgIpc) is 3.40. The summed E-state index contributed by atoms with van der Waals surface area (Å²) < 4.78 is 12.1. The first kappa shape index (κ1) is 24.1. The third kappa shape index (κ3) is 5.25. The maximum absolute atomic E-state index is 12.6. The van der Waals surface area contributed by atoms with Crippen molar-refractivity contribution < 1.29 is 19.1 Å². The number of aromatic nitrogens is 3. The Morgan fingerprint density at radius 3 is 2.66 bits per heavy atom. The summed E-state index contributed by atoms with van der Waals surface area (Å²) in [5.41, 5.74) is 1.08. The van der Waals surface area contributed by atoms with Gasteiger partial charge < -0.3 is 19.4 Å². The Labute approximate surface area is 199 Å². The van der Waals surface area contributed by atoms with Gasteiger partial charge in [0.15, 0.2) is 11.0 Å². The summed E-state index contributed by atoms with van der Waals surface area (Å²) >= 11 is 8.78. The summed E-state index contributed by atoms with van der Waals surface area (Å²) in [6, 6.07) is 7.04. The van der Waals surface area contributed by atoms with E-state index in [1.165, 1.54) is 30.2 Å². The Hall–Kier alpha value is -2.56. The summed E-state index contributed by atoms with van der Waals surface area (Å²) in [5, 5.41) is 13.0. The molecule has 2 heterocycles. The van der Waals surface area contributed by atoms with Crippen LogP contribution in [0.2, 0.25) is 5.02 Å². The van der Waals surface area contributed by atoms with Gasteiger partial charge in [-0.25, -0.2) is 4.79 Å². The van der Waals surface area contributed by atoms with E-state index in [9.17, 15) is 9.59 Å². The predicted octanol–water partition coefficient (Wildman–Crippen LogP) is 4.77. The molecule has 0 atom stereocenters. The van der Waals surface area contributed by atoms with Crippen molar-refractivity contribution in [2.24, 2.45) is 0 Å². The Morgan fingerprint density at radius 2 is 2.00 bits per heavy atom. The standard InChI is InChI=1S/C21H23ClN4O4S2/c1-5-13-10-15(20(28)30-4)19(32-13)23-17(27)11-31-21-25-24-18(26(21)6-2)14-9-12(22)7-8-16(14)29-3/h7-10H,5-6,11H2,1-4H3,(H,23,27). The van der Waals surface area contributed by atoms with Crippen LogP contribution in [0.1, 0.15) is 29.1 Å². The van der Waals surface area contributed by atoms with Gasteiger partial charge in [-0.3, -0.25) is 4.79 Å². The minimum absolute atomic E-state index is 0.102. The van der Waals surface area contributed by atoms with Gasteiger partial charge in [0, 0.05) is 16.4 Å². The zero-order valence-electron chi connectivity index (χ0n) is 18.1. The molecule has 0 aliphatic rings. The van der Waals surface area contributed by atoms with Crippen LogP contribution in [0.5, 0.6) is 5.75 Å². The fourth-order valence-electron chi connectivity index (χ4n) is 3.00. The second-order valence-corrected chi connectivity index (χ2v) is 9.05. The lowest BCUT2D eigenvalue weighted by Gasteiger charge is -2.11. The molecule has 2 aromatic heterocycles. The van der Waals surface area contributed by atoms with Crippen LogP contribution >= 0.6 is 34.7 Å². The summed E-state index contributed by atoms with van der Waals surface area (Å²) in [7, 11) is 2.90. The molecule has 0 aliphatic carbocycles. The Morgan fingerprint density at radius 1 is 1.22 bits per heavy atom. The number of carbonyl (C=O) groups excluding carboxylic acids is 2. The SMILES string of the molecule is CCc1cc(C(=O)OC)c(NC(=O)CSc2nnc(-c3cc(Cl)ccc3OC)n2CC)s1. The maximum atomic E-state index is 12.6. The third-order valence-electron chi connectivity index (χ3n) is 4.56. The molecule has 32 heavy (non-hydrogen) atoms. The van der Waals surface area contributed by atoms with Crippen molar-refractivity contribution in [3.63, 3.8) is 0 Å². The lowest BCUT2D eigenvalue weighted by Crippen LogP contribution is -2.16. The van der Waals surface area contributed by atoms with E-state index >= 15 is 0 Å². The normalized spacial score (nSPS) is 10.8. The number of hydrogen-bond donors (Lipinski definition) is 1. The largest absolute Gasteiger partial charge is 0.496 e. The molecule has 0 saturated carbocycles. The number of benzene rings is 1. The number of halogens is 1. The molecule has 3 aromatic rings. The number of esters is 1.